The molecular formula is C23H28ClNO3. The predicted octanol–water partition coefficient (Wildman–Crippen LogP) is 5.12. The Bertz CT molecular complexity index is 804. The molecule has 3 rings (SSSR count). The van der Waals surface area contributed by atoms with Gasteiger partial charge in [0.2, 0.25) is 5.91 Å². The van der Waals surface area contributed by atoms with Gasteiger partial charge in [0.25, 0.3) is 0 Å². The van der Waals surface area contributed by atoms with Gasteiger partial charge >= 0.3 is 0 Å². The number of halogens is 1. The molecule has 28 heavy (non-hydrogen) atoms. The van der Waals surface area contributed by atoms with Crippen LogP contribution in [0.15, 0.2) is 42.5 Å². The molecule has 0 radical (unpaired) electrons. The first-order valence-corrected chi connectivity index (χ1v) is 10.2. The molecule has 0 saturated carbocycles. The van der Waals surface area contributed by atoms with Crippen LogP contribution in [0.3, 0.4) is 0 Å². The van der Waals surface area contributed by atoms with E-state index in [9.17, 15) is 4.79 Å². The van der Waals surface area contributed by atoms with Crippen molar-refractivity contribution in [3.8, 4) is 11.5 Å². The smallest absolute Gasteiger partial charge is 0.223 e. The van der Waals surface area contributed by atoms with Crippen molar-refractivity contribution < 1.29 is 14.3 Å². The zero-order valence-corrected chi connectivity index (χ0v) is 17.5. The van der Waals surface area contributed by atoms with Crippen molar-refractivity contribution in [2.75, 3.05) is 13.7 Å². The van der Waals surface area contributed by atoms with E-state index in [0.29, 0.717) is 30.5 Å². The number of methoxy groups -OCH3 is 1. The second-order valence-electron chi connectivity index (χ2n) is 7.73. The quantitative estimate of drug-likeness (QED) is 0.616. The Hall–Kier alpha value is -2.20. The average molecular weight is 402 g/mol. The Morgan fingerprint density at radius 3 is 2.50 bits per heavy atom. The van der Waals surface area contributed by atoms with Gasteiger partial charge in [0.1, 0.15) is 0 Å². The predicted molar refractivity (Wildman–Crippen MR) is 112 cm³/mol. The lowest BCUT2D eigenvalue weighted by molar-refractivity contribution is -0.129. The van der Waals surface area contributed by atoms with Gasteiger partial charge in [-0.05, 0) is 54.2 Å². The molecule has 1 atom stereocenters. The summed E-state index contributed by atoms with van der Waals surface area (Å²) in [6.45, 7) is 5.51. The normalized spacial score (nSPS) is 16.7. The van der Waals surface area contributed by atoms with E-state index in [1.807, 2.05) is 41.3 Å². The first kappa shape index (κ1) is 20.5. The number of hydrogen-bond donors (Lipinski definition) is 0. The highest BCUT2D eigenvalue weighted by molar-refractivity contribution is 6.30. The molecule has 1 unspecified atom stereocenters. The summed E-state index contributed by atoms with van der Waals surface area (Å²) in [6.07, 6.45) is 2.28. The summed E-state index contributed by atoms with van der Waals surface area (Å²) in [6, 6.07) is 14.0. The van der Waals surface area contributed by atoms with Gasteiger partial charge in [-0.25, -0.2) is 0 Å². The van der Waals surface area contributed by atoms with Crippen molar-refractivity contribution >= 4 is 17.5 Å². The Kier molecular flexibility index (Phi) is 6.84. The van der Waals surface area contributed by atoms with Crippen molar-refractivity contribution in [2.45, 2.75) is 45.7 Å². The topological polar surface area (TPSA) is 38.8 Å². The maximum atomic E-state index is 12.4. The second-order valence-corrected chi connectivity index (χ2v) is 8.17. The van der Waals surface area contributed by atoms with Gasteiger partial charge < -0.3 is 14.4 Å². The molecule has 1 amide bonds. The molecule has 1 aliphatic heterocycles. The fourth-order valence-corrected chi connectivity index (χ4v) is 3.62. The van der Waals surface area contributed by atoms with Crippen molar-refractivity contribution in [3.05, 3.63) is 58.6 Å². The van der Waals surface area contributed by atoms with Crippen LogP contribution in [0.2, 0.25) is 5.02 Å². The molecule has 2 aromatic rings. The Morgan fingerprint density at radius 2 is 1.82 bits per heavy atom. The summed E-state index contributed by atoms with van der Waals surface area (Å²) >= 11 is 5.97. The van der Waals surface area contributed by atoms with Gasteiger partial charge in [0.15, 0.2) is 11.5 Å². The summed E-state index contributed by atoms with van der Waals surface area (Å²) in [5, 5.41) is 0.708. The maximum Gasteiger partial charge on any atom is 0.223 e. The largest absolute Gasteiger partial charge is 0.493 e. The molecule has 0 spiro atoms. The van der Waals surface area contributed by atoms with E-state index in [-0.39, 0.29) is 11.9 Å². The van der Waals surface area contributed by atoms with Gasteiger partial charge in [-0.3, -0.25) is 4.79 Å². The molecule has 1 heterocycles. The fourth-order valence-electron chi connectivity index (χ4n) is 3.50. The Balaban J connectivity index is 1.70. The van der Waals surface area contributed by atoms with Crippen LogP contribution >= 0.6 is 11.6 Å². The van der Waals surface area contributed by atoms with Crippen LogP contribution in [0.5, 0.6) is 11.5 Å². The Morgan fingerprint density at radius 1 is 1.11 bits per heavy atom. The first-order chi connectivity index (χ1) is 13.5. The number of carbonyl (C=O) groups is 1. The lowest BCUT2D eigenvalue weighted by Gasteiger charge is -2.25. The highest BCUT2D eigenvalue weighted by atomic mass is 35.5. The SMILES string of the molecule is COc1cc(CC2CCC(=O)N2Cc2ccc(Cl)cc2)ccc1OCC(C)C. The number of hydrogen-bond acceptors (Lipinski definition) is 3. The van der Waals surface area contributed by atoms with E-state index in [2.05, 4.69) is 19.9 Å². The van der Waals surface area contributed by atoms with Crippen LogP contribution in [0.4, 0.5) is 0 Å². The molecule has 4 nitrogen and oxygen atoms in total. The molecule has 1 fully saturated rings. The minimum atomic E-state index is 0.190. The molecular weight excluding hydrogens is 374 g/mol. The van der Waals surface area contributed by atoms with Crippen LogP contribution in [-0.4, -0.2) is 30.6 Å². The minimum Gasteiger partial charge on any atom is -0.493 e. The van der Waals surface area contributed by atoms with Gasteiger partial charge in [-0.15, -0.1) is 0 Å². The third-order valence-corrected chi connectivity index (χ3v) is 5.24. The molecule has 1 aliphatic rings. The zero-order valence-electron chi connectivity index (χ0n) is 16.8. The summed E-state index contributed by atoms with van der Waals surface area (Å²) in [4.78, 5) is 14.4. The second kappa shape index (κ2) is 9.33. The number of nitrogens with zero attached hydrogens (tertiary/aromatic N) is 1. The van der Waals surface area contributed by atoms with Crippen LogP contribution in [0, 0.1) is 5.92 Å². The summed E-state index contributed by atoms with van der Waals surface area (Å²) in [5.41, 5.74) is 2.24. The zero-order chi connectivity index (χ0) is 20.1. The van der Waals surface area contributed by atoms with Crippen molar-refractivity contribution in [2.24, 2.45) is 5.92 Å². The van der Waals surface area contributed by atoms with Crippen LogP contribution < -0.4 is 9.47 Å². The van der Waals surface area contributed by atoms with Crippen LogP contribution in [-0.2, 0) is 17.8 Å². The Labute approximate surface area is 172 Å². The number of benzene rings is 2. The number of ether oxygens (including phenoxy) is 2. The van der Waals surface area contributed by atoms with E-state index in [1.54, 1.807) is 7.11 Å². The first-order valence-electron chi connectivity index (χ1n) is 9.80. The van der Waals surface area contributed by atoms with Gasteiger partial charge in [0.05, 0.1) is 13.7 Å². The minimum absolute atomic E-state index is 0.190. The summed E-state index contributed by atoms with van der Waals surface area (Å²) < 4.78 is 11.4. The number of likely N-dealkylation sites (tertiary alicyclic amines) is 1. The highest BCUT2D eigenvalue weighted by Crippen LogP contribution is 2.31. The highest BCUT2D eigenvalue weighted by Gasteiger charge is 2.31. The standard InChI is InChI=1S/C23H28ClNO3/c1-16(2)15-28-21-10-6-18(13-22(21)27-3)12-20-9-11-23(26)25(20)14-17-4-7-19(24)8-5-17/h4-8,10,13,16,20H,9,11-12,14-15H2,1-3H3. The molecule has 150 valence electrons. The average Bonchev–Trinajstić information content (AvgIpc) is 3.02. The molecule has 5 heteroatoms. The van der Waals surface area contributed by atoms with E-state index in [0.717, 1.165) is 35.5 Å². The summed E-state index contributed by atoms with van der Waals surface area (Å²) in [7, 11) is 1.66. The third kappa shape index (κ3) is 5.20. The molecule has 2 aromatic carbocycles. The van der Waals surface area contributed by atoms with Crippen molar-refractivity contribution in [1.29, 1.82) is 0 Å². The maximum absolute atomic E-state index is 12.4. The lowest BCUT2D eigenvalue weighted by Crippen LogP contribution is -2.33. The van der Waals surface area contributed by atoms with Crippen LogP contribution in [0.25, 0.3) is 0 Å². The van der Waals surface area contributed by atoms with E-state index >= 15 is 0 Å². The molecule has 0 aliphatic carbocycles. The van der Waals surface area contributed by atoms with E-state index in [4.69, 9.17) is 21.1 Å². The molecule has 0 bridgehead atoms. The summed E-state index contributed by atoms with van der Waals surface area (Å²) in [5.74, 6) is 2.17. The third-order valence-electron chi connectivity index (χ3n) is 4.99. The van der Waals surface area contributed by atoms with Gasteiger partial charge in [0, 0.05) is 24.0 Å². The van der Waals surface area contributed by atoms with E-state index in [1.165, 1.54) is 0 Å². The van der Waals surface area contributed by atoms with Crippen molar-refractivity contribution in [1.82, 2.24) is 4.90 Å². The van der Waals surface area contributed by atoms with Crippen LogP contribution in [0.1, 0.15) is 37.8 Å². The lowest BCUT2D eigenvalue weighted by atomic mass is 10.0. The molecule has 0 aromatic heterocycles. The number of amides is 1. The van der Waals surface area contributed by atoms with Gasteiger partial charge in [-0.2, -0.15) is 0 Å². The van der Waals surface area contributed by atoms with Gasteiger partial charge in [-0.1, -0.05) is 43.6 Å². The van der Waals surface area contributed by atoms with E-state index < -0.39 is 0 Å². The fraction of sp³-hybridized carbons (Fsp3) is 0.435. The molecule has 0 N–H and O–H groups in total. The van der Waals surface area contributed by atoms with Crippen molar-refractivity contribution in [3.63, 3.8) is 0 Å². The number of carbonyl (C=O) groups excluding carboxylic acids is 1. The monoisotopic (exact) mass is 401 g/mol. The molecule has 1 saturated heterocycles. The number of rotatable bonds is 8.